The van der Waals surface area contributed by atoms with E-state index in [4.69, 9.17) is 11.9 Å². The van der Waals surface area contributed by atoms with Crippen molar-refractivity contribution in [3.8, 4) is 5.75 Å². The molecule has 0 fully saturated rings. The Kier molecular flexibility index (Phi) is 1.84. The summed E-state index contributed by atoms with van der Waals surface area (Å²) in [6.45, 7) is 0. The number of fused-ring (bicyclic) bond motifs is 1. The van der Waals surface area contributed by atoms with E-state index < -0.39 is 0 Å². The standard InChI is InChI=1S/C9H6ClNO/c10-12-9-5-1-4-8-7(9)3-2-6-11-8/h1-6H. The zero-order valence-corrected chi connectivity index (χ0v) is 6.95. The third kappa shape index (κ3) is 1.10. The van der Waals surface area contributed by atoms with Gasteiger partial charge >= 0.3 is 0 Å². The first-order chi connectivity index (χ1) is 5.92. The van der Waals surface area contributed by atoms with Gasteiger partial charge in [0.15, 0.2) is 5.75 Å². The maximum atomic E-state index is 5.28. The molecule has 2 aromatic rings. The van der Waals surface area contributed by atoms with Crippen LogP contribution in [0.15, 0.2) is 36.5 Å². The van der Waals surface area contributed by atoms with Crippen LogP contribution < -0.4 is 4.29 Å². The lowest BCUT2D eigenvalue weighted by atomic mass is 10.2. The van der Waals surface area contributed by atoms with Crippen LogP contribution in [-0.2, 0) is 0 Å². The van der Waals surface area contributed by atoms with Gasteiger partial charge in [0.25, 0.3) is 0 Å². The van der Waals surface area contributed by atoms with E-state index in [1.807, 2.05) is 24.3 Å². The Balaban J connectivity index is 2.79. The molecule has 1 aromatic heterocycles. The van der Waals surface area contributed by atoms with Gasteiger partial charge in [0.05, 0.1) is 5.52 Å². The molecule has 0 aliphatic carbocycles. The predicted octanol–water partition coefficient (Wildman–Crippen LogP) is 2.77. The van der Waals surface area contributed by atoms with Crippen molar-refractivity contribution in [3.05, 3.63) is 36.5 Å². The highest BCUT2D eigenvalue weighted by molar-refractivity contribution is 6.10. The number of nitrogens with zero attached hydrogens (tertiary/aromatic N) is 1. The van der Waals surface area contributed by atoms with Crippen molar-refractivity contribution in [1.82, 2.24) is 4.98 Å². The molecule has 0 saturated heterocycles. The van der Waals surface area contributed by atoms with Gasteiger partial charge in [-0.3, -0.25) is 4.98 Å². The Bertz CT molecular complexity index is 397. The molecule has 2 rings (SSSR count). The van der Waals surface area contributed by atoms with E-state index in [1.165, 1.54) is 0 Å². The number of benzene rings is 1. The van der Waals surface area contributed by atoms with Crippen molar-refractivity contribution in [3.63, 3.8) is 0 Å². The molecule has 0 spiro atoms. The molecule has 0 atom stereocenters. The topological polar surface area (TPSA) is 22.1 Å². The van der Waals surface area contributed by atoms with Crippen molar-refractivity contribution < 1.29 is 4.29 Å². The molecule has 0 amide bonds. The molecule has 0 radical (unpaired) electrons. The minimum Gasteiger partial charge on any atom is -0.385 e. The molecule has 12 heavy (non-hydrogen) atoms. The number of aromatic nitrogens is 1. The van der Waals surface area contributed by atoms with Crippen molar-refractivity contribution in [2.75, 3.05) is 0 Å². The minimum atomic E-state index is 0.641. The fourth-order valence-electron chi connectivity index (χ4n) is 1.14. The van der Waals surface area contributed by atoms with Crippen molar-refractivity contribution in [1.29, 1.82) is 0 Å². The summed E-state index contributed by atoms with van der Waals surface area (Å²) in [5, 5.41) is 0.926. The first-order valence-electron chi connectivity index (χ1n) is 3.54. The fraction of sp³-hybridized carbons (Fsp3) is 0. The SMILES string of the molecule is ClOc1cccc2ncccc12. The summed E-state index contributed by atoms with van der Waals surface area (Å²) in [4.78, 5) is 4.15. The number of rotatable bonds is 1. The van der Waals surface area contributed by atoms with Crippen molar-refractivity contribution in [2.45, 2.75) is 0 Å². The molecule has 2 nitrogen and oxygen atoms in total. The summed E-state index contributed by atoms with van der Waals surface area (Å²) in [5.74, 6) is 0.641. The zero-order valence-electron chi connectivity index (χ0n) is 6.20. The summed E-state index contributed by atoms with van der Waals surface area (Å²) < 4.78 is 4.66. The second-order valence-corrected chi connectivity index (χ2v) is 2.56. The lowest BCUT2D eigenvalue weighted by Gasteiger charge is -1.99. The van der Waals surface area contributed by atoms with E-state index in [0.29, 0.717) is 5.75 Å². The molecule has 1 aromatic carbocycles. The van der Waals surface area contributed by atoms with E-state index in [0.717, 1.165) is 10.9 Å². The molecule has 0 bridgehead atoms. The number of halogens is 1. The highest BCUT2D eigenvalue weighted by atomic mass is 35.5. The smallest absolute Gasteiger partial charge is 0.155 e. The van der Waals surface area contributed by atoms with Gasteiger partial charge in [0.1, 0.15) is 11.9 Å². The Morgan fingerprint density at radius 2 is 2.08 bits per heavy atom. The summed E-state index contributed by atoms with van der Waals surface area (Å²) in [7, 11) is 0. The average Bonchev–Trinajstić information content (AvgIpc) is 2.17. The Morgan fingerprint density at radius 1 is 1.17 bits per heavy atom. The van der Waals surface area contributed by atoms with Gasteiger partial charge in [-0.2, -0.15) is 0 Å². The fourth-order valence-corrected chi connectivity index (χ4v) is 1.28. The van der Waals surface area contributed by atoms with E-state index in [1.54, 1.807) is 12.3 Å². The Morgan fingerprint density at radius 3 is 2.92 bits per heavy atom. The molecule has 3 heteroatoms. The van der Waals surface area contributed by atoms with Crippen LogP contribution in [0.5, 0.6) is 5.75 Å². The third-order valence-electron chi connectivity index (χ3n) is 1.69. The summed E-state index contributed by atoms with van der Waals surface area (Å²) in [6, 6.07) is 9.33. The Labute approximate surface area is 74.9 Å². The average molecular weight is 180 g/mol. The van der Waals surface area contributed by atoms with Crippen LogP contribution in [0.2, 0.25) is 0 Å². The number of pyridine rings is 1. The van der Waals surface area contributed by atoms with E-state index in [9.17, 15) is 0 Å². The van der Waals surface area contributed by atoms with Crippen LogP contribution >= 0.6 is 11.9 Å². The lowest BCUT2D eigenvalue weighted by Crippen LogP contribution is -1.80. The van der Waals surface area contributed by atoms with Gasteiger partial charge in [-0.25, -0.2) is 0 Å². The molecular formula is C9H6ClNO. The summed E-state index contributed by atoms with van der Waals surface area (Å²) >= 11 is 5.28. The first-order valence-corrected chi connectivity index (χ1v) is 3.85. The molecule has 0 unspecified atom stereocenters. The number of hydrogen-bond donors (Lipinski definition) is 0. The summed E-state index contributed by atoms with van der Waals surface area (Å²) in [6.07, 6.45) is 1.74. The molecule has 0 aliphatic rings. The second-order valence-electron chi connectivity index (χ2n) is 2.40. The van der Waals surface area contributed by atoms with Gasteiger partial charge in [-0.05, 0) is 24.3 Å². The van der Waals surface area contributed by atoms with Gasteiger partial charge in [-0.1, -0.05) is 6.07 Å². The van der Waals surface area contributed by atoms with E-state index in [-0.39, 0.29) is 0 Å². The van der Waals surface area contributed by atoms with Crippen LogP contribution in [0.3, 0.4) is 0 Å². The van der Waals surface area contributed by atoms with Crippen LogP contribution in [0, 0.1) is 0 Å². The van der Waals surface area contributed by atoms with Gasteiger partial charge in [0.2, 0.25) is 0 Å². The quantitative estimate of drug-likeness (QED) is 0.672. The van der Waals surface area contributed by atoms with Crippen molar-refractivity contribution in [2.24, 2.45) is 0 Å². The first kappa shape index (κ1) is 7.37. The summed E-state index contributed by atoms with van der Waals surface area (Å²) in [5.41, 5.74) is 0.885. The van der Waals surface area contributed by atoms with Crippen molar-refractivity contribution >= 4 is 22.8 Å². The minimum absolute atomic E-state index is 0.641. The van der Waals surface area contributed by atoms with Crippen LogP contribution in [0.1, 0.15) is 0 Å². The molecule has 0 N–H and O–H groups in total. The van der Waals surface area contributed by atoms with Crippen LogP contribution in [0.25, 0.3) is 10.9 Å². The highest BCUT2D eigenvalue weighted by Crippen LogP contribution is 2.23. The molecule has 1 heterocycles. The lowest BCUT2D eigenvalue weighted by molar-refractivity contribution is 0.627. The molecule has 60 valence electrons. The molecule has 0 saturated carbocycles. The van der Waals surface area contributed by atoms with Crippen LogP contribution in [0.4, 0.5) is 0 Å². The normalized spacial score (nSPS) is 10.1. The van der Waals surface area contributed by atoms with Gasteiger partial charge in [0, 0.05) is 11.6 Å². The molecular weight excluding hydrogens is 174 g/mol. The predicted molar refractivity (Wildman–Crippen MR) is 48.2 cm³/mol. The monoisotopic (exact) mass is 179 g/mol. The largest absolute Gasteiger partial charge is 0.385 e. The van der Waals surface area contributed by atoms with Gasteiger partial charge in [-0.15, -0.1) is 0 Å². The Hall–Kier alpha value is -1.28. The van der Waals surface area contributed by atoms with Gasteiger partial charge < -0.3 is 4.29 Å². The number of hydrogen-bond acceptors (Lipinski definition) is 2. The van der Waals surface area contributed by atoms with E-state index >= 15 is 0 Å². The maximum absolute atomic E-state index is 5.28. The van der Waals surface area contributed by atoms with E-state index in [2.05, 4.69) is 9.27 Å². The van der Waals surface area contributed by atoms with Crippen LogP contribution in [-0.4, -0.2) is 4.98 Å². The molecule has 0 aliphatic heterocycles. The second kappa shape index (κ2) is 2.99. The third-order valence-corrected chi connectivity index (χ3v) is 1.86. The zero-order chi connectivity index (χ0) is 8.39. The highest BCUT2D eigenvalue weighted by Gasteiger charge is 1.99. The maximum Gasteiger partial charge on any atom is 0.155 e.